The second-order valence-electron chi connectivity index (χ2n) is 7.56. The van der Waals surface area contributed by atoms with E-state index < -0.39 is 0 Å². The largest absolute Gasteiger partial charge is 0.378 e. The monoisotopic (exact) mass is 416 g/mol. The van der Waals surface area contributed by atoms with E-state index in [9.17, 15) is 0 Å². The summed E-state index contributed by atoms with van der Waals surface area (Å²) >= 11 is 0. The molecule has 1 fully saturated rings. The number of benzene rings is 1. The van der Waals surface area contributed by atoms with Gasteiger partial charge in [0, 0.05) is 32.4 Å². The predicted molar refractivity (Wildman–Crippen MR) is 122 cm³/mol. The van der Waals surface area contributed by atoms with Crippen LogP contribution in [0.15, 0.2) is 47.8 Å². The van der Waals surface area contributed by atoms with E-state index in [-0.39, 0.29) is 0 Å². The van der Waals surface area contributed by atoms with Crippen LogP contribution in [0.1, 0.15) is 11.1 Å². The lowest BCUT2D eigenvalue weighted by Gasteiger charge is -2.29. The van der Waals surface area contributed by atoms with E-state index in [1.807, 2.05) is 36.0 Å². The molecular formula is C22H24N8O. The second kappa shape index (κ2) is 8.19. The lowest BCUT2D eigenvalue weighted by Crippen LogP contribution is -2.36. The van der Waals surface area contributed by atoms with Crippen molar-refractivity contribution in [1.29, 1.82) is 0 Å². The number of aromatic amines is 1. The molecule has 5 rings (SSSR count). The molecule has 0 bridgehead atoms. The zero-order valence-electron chi connectivity index (χ0n) is 17.5. The Morgan fingerprint density at radius 1 is 1.19 bits per heavy atom. The van der Waals surface area contributed by atoms with E-state index in [2.05, 4.69) is 44.7 Å². The molecule has 0 spiro atoms. The number of aromatic nitrogens is 5. The van der Waals surface area contributed by atoms with Crippen molar-refractivity contribution in [2.24, 2.45) is 12.1 Å². The summed E-state index contributed by atoms with van der Waals surface area (Å²) in [6, 6.07) is 10.2. The topological polar surface area (TPSA) is 96.3 Å². The molecule has 158 valence electrons. The first kappa shape index (κ1) is 19.3. The Kier molecular flexibility index (Phi) is 5.09. The smallest absolute Gasteiger partial charge is 0.164 e. The van der Waals surface area contributed by atoms with Crippen molar-refractivity contribution in [3.63, 3.8) is 0 Å². The van der Waals surface area contributed by atoms with Gasteiger partial charge in [-0.05, 0) is 12.5 Å². The Morgan fingerprint density at radius 2 is 2.06 bits per heavy atom. The number of hydrogen-bond donors (Lipinski definition) is 2. The zero-order valence-corrected chi connectivity index (χ0v) is 17.5. The molecule has 2 N–H and O–H groups in total. The average molecular weight is 416 g/mol. The minimum absolute atomic E-state index is 0.666. The highest BCUT2D eigenvalue weighted by molar-refractivity contribution is 5.91. The number of nitrogens with zero attached hydrogens (tertiary/aromatic N) is 6. The number of pyridine rings is 1. The molecule has 0 aliphatic carbocycles. The van der Waals surface area contributed by atoms with Crippen LogP contribution in [0.3, 0.4) is 0 Å². The van der Waals surface area contributed by atoms with Crippen molar-refractivity contribution in [2.75, 3.05) is 36.6 Å². The van der Waals surface area contributed by atoms with Crippen LogP contribution in [0.2, 0.25) is 0 Å². The molecule has 0 saturated carbocycles. The normalized spacial score (nSPS) is 14.6. The van der Waals surface area contributed by atoms with Crippen LogP contribution in [0.25, 0.3) is 22.6 Å². The molecule has 1 saturated heterocycles. The fourth-order valence-electron chi connectivity index (χ4n) is 3.79. The fraction of sp³-hybridized carbons (Fsp3) is 0.273. The molecule has 1 aliphatic heterocycles. The Hall–Kier alpha value is -3.72. The number of fused-ring (bicyclic) bond motifs is 1. The van der Waals surface area contributed by atoms with Crippen molar-refractivity contribution in [3.8, 4) is 11.4 Å². The summed E-state index contributed by atoms with van der Waals surface area (Å²) in [7, 11) is 1.97. The summed E-state index contributed by atoms with van der Waals surface area (Å²) in [6.07, 6.45) is 5.40. The number of nitrogens with one attached hydrogen (secondary N) is 2. The van der Waals surface area contributed by atoms with Gasteiger partial charge in [0.05, 0.1) is 36.9 Å². The molecule has 1 aliphatic rings. The number of hydrogen-bond acceptors (Lipinski definition) is 7. The molecule has 4 heterocycles. The number of anilines is 2. The van der Waals surface area contributed by atoms with Crippen LogP contribution in [0, 0.1) is 6.92 Å². The molecule has 4 aromatic rings. The number of hydrazone groups is 1. The summed E-state index contributed by atoms with van der Waals surface area (Å²) in [6.45, 7) is 5.07. The summed E-state index contributed by atoms with van der Waals surface area (Å²) in [5, 5.41) is 11.3. The number of aryl methyl sites for hydroxylation is 2. The van der Waals surface area contributed by atoms with E-state index in [0.29, 0.717) is 19.0 Å². The average Bonchev–Trinajstić information content (AvgIpc) is 3.43. The minimum atomic E-state index is 0.666. The predicted octanol–water partition coefficient (Wildman–Crippen LogP) is 2.95. The van der Waals surface area contributed by atoms with Crippen LogP contribution in [-0.2, 0) is 11.8 Å². The van der Waals surface area contributed by atoms with Crippen molar-refractivity contribution >= 4 is 28.9 Å². The van der Waals surface area contributed by atoms with E-state index in [1.54, 1.807) is 12.4 Å². The van der Waals surface area contributed by atoms with Gasteiger partial charge in [-0.1, -0.05) is 29.8 Å². The standard InChI is InChI=1S/C22H24N8O/c1-15-4-3-5-16(10-15)12-25-28-19-11-18(30-6-8-31-9-7-30)20-22(26-19)29(2)21(27-20)17-13-23-24-14-17/h3-5,10-14H,6-9H2,1-2H3,(H,23,24)(H,26,28)/b25-12+. The number of morpholine rings is 1. The van der Waals surface area contributed by atoms with Crippen LogP contribution in [-0.4, -0.2) is 57.3 Å². The summed E-state index contributed by atoms with van der Waals surface area (Å²) < 4.78 is 7.53. The minimum Gasteiger partial charge on any atom is -0.378 e. The van der Waals surface area contributed by atoms with Gasteiger partial charge >= 0.3 is 0 Å². The first-order valence-corrected chi connectivity index (χ1v) is 10.2. The van der Waals surface area contributed by atoms with Crippen LogP contribution < -0.4 is 10.3 Å². The summed E-state index contributed by atoms with van der Waals surface area (Å²) in [4.78, 5) is 12.0. The first-order valence-electron chi connectivity index (χ1n) is 10.2. The highest BCUT2D eigenvalue weighted by atomic mass is 16.5. The van der Waals surface area contributed by atoms with Crippen molar-refractivity contribution in [2.45, 2.75) is 6.92 Å². The highest BCUT2D eigenvalue weighted by Gasteiger charge is 2.21. The molecule has 1 aromatic carbocycles. The van der Waals surface area contributed by atoms with Gasteiger partial charge in [-0.25, -0.2) is 9.97 Å². The fourth-order valence-corrected chi connectivity index (χ4v) is 3.79. The van der Waals surface area contributed by atoms with Gasteiger partial charge in [0.1, 0.15) is 11.3 Å². The third kappa shape index (κ3) is 3.87. The Morgan fingerprint density at radius 3 is 2.84 bits per heavy atom. The third-order valence-corrected chi connectivity index (χ3v) is 5.35. The Bertz CT molecular complexity index is 1220. The van der Waals surface area contributed by atoms with Gasteiger partial charge in [0.25, 0.3) is 0 Å². The molecule has 31 heavy (non-hydrogen) atoms. The van der Waals surface area contributed by atoms with Gasteiger partial charge in [-0.3, -0.25) is 10.5 Å². The number of ether oxygens (including phenoxy) is 1. The molecule has 9 heteroatoms. The second-order valence-corrected chi connectivity index (χ2v) is 7.56. The quantitative estimate of drug-likeness (QED) is 0.384. The molecule has 0 radical (unpaired) electrons. The highest BCUT2D eigenvalue weighted by Crippen LogP contribution is 2.32. The molecule has 0 atom stereocenters. The van der Waals surface area contributed by atoms with Crippen molar-refractivity contribution < 1.29 is 4.74 Å². The molecular weight excluding hydrogens is 392 g/mol. The number of H-pyrrole nitrogens is 1. The first-order chi connectivity index (χ1) is 15.2. The zero-order chi connectivity index (χ0) is 21.2. The lowest BCUT2D eigenvalue weighted by atomic mass is 10.2. The van der Waals surface area contributed by atoms with Gasteiger partial charge in [-0.2, -0.15) is 10.2 Å². The summed E-state index contributed by atoms with van der Waals surface area (Å²) in [5.74, 6) is 1.48. The number of rotatable bonds is 5. The number of imidazole rings is 1. The lowest BCUT2D eigenvalue weighted by molar-refractivity contribution is 0.123. The molecule has 3 aromatic heterocycles. The maximum Gasteiger partial charge on any atom is 0.164 e. The van der Waals surface area contributed by atoms with E-state index in [0.717, 1.165) is 46.9 Å². The maximum absolute atomic E-state index is 5.54. The Balaban J connectivity index is 1.54. The summed E-state index contributed by atoms with van der Waals surface area (Å²) in [5.41, 5.74) is 8.90. The Labute approximate surface area is 179 Å². The molecule has 0 unspecified atom stereocenters. The van der Waals surface area contributed by atoms with Gasteiger partial charge < -0.3 is 14.2 Å². The maximum atomic E-state index is 5.54. The van der Waals surface area contributed by atoms with Gasteiger partial charge in [-0.15, -0.1) is 0 Å². The molecule has 0 amide bonds. The van der Waals surface area contributed by atoms with Crippen molar-refractivity contribution in [3.05, 3.63) is 53.9 Å². The molecule has 9 nitrogen and oxygen atoms in total. The SMILES string of the molecule is Cc1cccc(/C=N/Nc2cc(N3CCOCC3)c3nc(-c4cn[nH]c4)n(C)c3n2)c1. The van der Waals surface area contributed by atoms with Crippen molar-refractivity contribution in [1.82, 2.24) is 24.7 Å². The van der Waals surface area contributed by atoms with Gasteiger partial charge in [0.15, 0.2) is 11.5 Å². The van der Waals surface area contributed by atoms with E-state index >= 15 is 0 Å². The van der Waals surface area contributed by atoms with E-state index in [4.69, 9.17) is 14.7 Å². The van der Waals surface area contributed by atoms with E-state index in [1.165, 1.54) is 5.56 Å². The van der Waals surface area contributed by atoms with Gasteiger partial charge in [0.2, 0.25) is 0 Å². The third-order valence-electron chi connectivity index (χ3n) is 5.35. The van der Waals surface area contributed by atoms with Crippen LogP contribution in [0.4, 0.5) is 11.5 Å². The van der Waals surface area contributed by atoms with Crippen LogP contribution >= 0.6 is 0 Å². The van der Waals surface area contributed by atoms with Crippen LogP contribution in [0.5, 0.6) is 0 Å².